The van der Waals surface area contributed by atoms with Gasteiger partial charge in [0, 0.05) is 6.08 Å². The number of alkyl halides is 3. The lowest BCUT2D eigenvalue weighted by atomic mass is 9.77. The van der Waals surface area contributed by atoms with E-state index in [1.165, 1.54) is 63.5 Å². The fraction of sp³-hybridized carbons (Fsp3) is 0.652. The van der Waals surface area contributed by atoms with E-state index in [2.05, 4.69) is 6.92 Å². The summed E-state index contributed by atoms with van der Waals surface area (Å²) in [5, 5.41) is 0. The largest absolute Gasteiger partial charge is 0.486 e. The molecule has 1 aliphatic carbocycles. The van der Waals surface area contributed by atoms with Gasteiger partial charge in [-0.25, -0.2) is 4.39 Å². The summed E-state index contributed by atoms with van der Waals surface area (Å²) in [6.45, 7) is 1.92. The Bertz CT molecular complexity index is 601. The molecular weight excluding hydrogens is 368 g/mol. The minimum Gasteiger partial charge on any atom is -0.486 e. The van der Waals surface area contributed by atoms with Crippen LogP contribution in [0.4, 0.5) is 17.6 Å². The van der Waals surface area contributed by atoms with E-state index in [1.54, 1.807) is 0 Å². The van der Waals surface area contributed by atoms with Crippen LogP contribution in [0.3, 0.4) is 0 Å². The number of unbranched alkanes of at least 4 members (excludes halogenated alkanes) is 4. The van der Waals surface area contributed by atoms with Crippen LogP contribution in [0.5, 0.6) is 5.75 Å². The first-order valence-corrected chi connectivity index (χ1v) is 10.6. The lowest BCUT2D eigenvalue weighted by molar-refractivity contribution is -0.0801. The molecule has 28 heavy (non-hydrogen) atoms. The zero-order chi connectivity index (χ0) is 20.4. The summed E-state index contributed by atoms with van der Waals surface area (Å²) in [5.41, 5.74) is 0.970. The van der Waals surface area contributed by atoms with Crippen molar-refractivity contribution in [2.75, 3.05) is 6.61 Å². The molecule has 0 radical (unpaired) electrons. The number of hydrogen-bond donors (Lipinski definition) is 0. The summed E-state index contributed by atoms with van der Waals surface area (Å²) in [6.07, 6.45) is 9.01. The molecule has 5 heteroatoms. The highest BCUT2D eigenvalue weighted by atomic mass is 19.4. The molecule has 0 heterocycles. The van der Waals surface area contributed by atoms with Gasteiger partial charge in [-0.2, -0.15) is 13.2 Å². The first-order chi connectivity index (χ1) is 13.4. The Kier molecular flexibility index (Phi) is 9.33. The number of ether oxygens (including phenoxy) is 1. The average Bonchev–Trinajstić information content (AvgIpc) is 2.66. The van der Waals surface area contributed by atoms with Crippen molar-refractivity contribution in [1.29, 1.82) is 0 Å². The molecule has 158 valence electrons. The summed E-state index contributed by atoms with van der Waals surface area (Å²) < 4.78 is 55.5. The summed E-state index contributed by atoms with van der Waals surface area (Å²) in [4.78, 5) is 0. The van der Waals surface area contributed by atoms with Crippen LogP contribution in [0.25, 0.3) is 0 Å². The summed E-state index contributed by atoms with van der Waals surface area (Å²) in [5.74, 6) is 0.656. The molecular formula is C23H32F4O. The van der Waals surface area contributed by atoms with Gasteiger partial charge in [0.15, 0.2) is 11.6 Å². The molecule has 0 unspecified atom stereocenters. The molecule has 0 aromatic heterocycles. The number of hydrogen-bond acceptors (Lipinski definition) is 1. The second-order valence-corrected chi connectivity index (χ2v) is 7.87. The number of halogens is 4. The van der Waals surface area contributed by atoms with Gasteiger partial charge in [0.25, 0.3) is 0 Å². The minimum atomic E-state index is -4.37. The van der Waals surface area contributed by atoms with Gasteiger partial charge >= 0.3 is 6.18 Å². The maximum absolute atomic E-state index is 14.2. The van der Waals surface area contributed by atoms with E-state index in [0.717, 1.165) is 30.4 Å². The summed E-state index contributed by atoms with van der Waals surface area (Å²) >= 11 is 0. The fourth-order valence-corrected chi connectivity index (χ4v) is 4.03. The molecule has 1 fully saturated rings. The molecule has 2 rings (SSSR count). The van der Waals surface area contributed by atoms with Gasteiger partial charge in [0.1, 0.15) is 6.61 Å². The normalized spacial score (nSPS) is 20.6. The van der Waals surface area contributed by atoms with Gasteiger partial charge < -0.3 is 4.74 Å². The first kappa shape index (κ1) is 22.8. The van der Waals surface area contributed by atoms with E-state index in [4.69, 9.17) is 4.74 Å². The average molecular weight is 401 g/mol. The zero-order valence-electron chi connectivity index (χ0n) is 16.7. The monoisotopic (exact) mass is 400 g/mol. The molecule has 0 bridgehead atoms. The van der Waals surface area contributed by atoms with Gasteiger partial charge in [0.05, 0.1) is 0 Å². The van der Waals surface area contributed by atoms with Crippen molar-refractivity contribution in [2.45, 2.75) is 83.2 Å². The number of rotatable bonds is 10. The Hall–Kier alpha value is -1.52. The lowest BCUT2D eigenvalue weighted by Crippen LogP contribution is -2.13. The molecule has 1 saturated carbocycles. The Morgan fingerprint density at radius 2 is 1.75 bits per heavy atom. The van der Waals surface area contributed by atoms with E-state index in [0.29, 0.717) is 5.92 Å². The molecule has 0 amide bonds. The van der Waals surface area contributed by atoms with Crippen LogP contribution in [-0.2, 0) is 0 Å². The third-order valence-electron chi connectivity index (χ3n) is 5.63. The maximum atomic E-state index is 14.2. The standard InChI is InChI=1S/C23H32F4O/c1-2-3-4-5-6-8-18-9-11-19(12-10-18)20-13-14-22(21(24)17-20)28-16-7-15-23(25,26)27/h7,13-15,17-19H,2-6,8-12,16H2,1H3/b15-7+/t18-,19-. The van der Waals surface area contributed by atoms with Crippen LogP contribution in [0.15, 0.2) is 30.4 Å². The van der Waals surface area contributed by atoms with Gasteiger partial charge in [-0.05, 0) is 61.3 Å². The summed E-state index contributed by atoms with van der Waals surface area (Å²) in [7, 11) is 0. The van der Waals surface area contributed by atoms with Gasteiger partial charge in [-0.3, -0.25) is 0 Å². The maximum Gasteiger partial charge on any atom is 0.409 e. The number of allylic oxidation sites excluding steroid dienone is 1. The molecule has 0 aliphatic heterocycles. The molecule has 1 aromatic rings. The third kappa shape index (κ3) is 8.24. The molecule has 0 saturated heterocycles. The lowest BCUT2D eigenvalue weighted by Gasteiger charge is -2.29. The van der Waals surface area contributed by atoms with Crippen molar-refractivity contribution in [2.24, 2.45) is 5.92 Å². The van der Waals surface area contributed by atoms with Gasteiger partial charge in [0.2, 0.25) is 0 Å². The van der Waals surface area contributed by atoms with E-state index in [9.17, 15) is 17.6 Å². The van der Waals surface area contributed by atoms with Crippen LogP contribution in [-0.4, -0.2) is 12.8 Å². The van der Waals surface area contributed by atoms with E-state index >= 15 is 0 Å². The van der Waals surface area contributed by atoms with Crippen molar-refractivity contribution in [1.82, 2.24) is 0 Å². The van der Waals surface area contributed by atoms with Gasteiger partial charge in [-0.15, -0.1) is 0 Å². The summed E-state index contributed by atoms with van der Waals surface area (Å²) in [6, 6.07) is 4.87. The van der Waals surface area contributed by atoms with Crippen molar-refractivity contribution in [3.8, 4) is 5.75 Å². The van der Waals surface area contributed by atoms with Crippen LogP contribution in [0, 0.1) is 11.7 Å². The molecule has 1 aromatic carbocycles. The van der Waals surface area contributed by atoms with E-state index < -0.39 is 12.0 Å². The highest BCUT2D eigenvalue weighted by Gasteiger charge is 2.23. The van der Waals surface area contributed by atoms with Gasteiger partial charge in [-0.1, -0.05) is 51.5 Å². The molecule has 1 aliphatic rings. The molecule has 0 N–H and O–H groups in total. The number of benzene rings is 1. The van der Waals surface area contributed by atoms with Crippen molar-refractivity contribution in [3.05, 3.63) is 41.7 Å². The third-order valence-corrected chi connectivity index (χ3v) is 5.63. The predicted molar refractivity (Wildman–Crippen MR) is 105 cm³/mol. The Balaban J connectivity index is 1.76. The Labute approximate surface area is 166 Å². The fourth-order valence-electron chi connectivity index (χ4n) is 4.03. The SMILES string of the molecule is CCCCCCC[C@H]1CC[C@H](c2ccc(OC/C=C/C(F)(F)F)c(F)c2)CC1. The Morgan fingerprint density at radius 3 is 2.39 bits per heavy atom. The smallest absolute Gasteiger partial charge is 0.409 e. The first-order valence-electron chi connectivity index (χ1n) is 10.6. The molecule has 0 atom stereocenters. The van der Waals surface area contributed by atoms with Crippen molar-refractivity contribution < 1.29 is 22.3 Å². The van der Waals surface area contributed by atoms with Crippen molar-refractivity contribution in [3.63, 3.8) is 0 Å². The van der Waals surface area contributed by atoms with Crippen LogP contribution in [0.1, 0.15) is 82.6 Å². The van der Waals surface area contributed by atoms with E-state index in [1.807, 2.05) is 6.07 Å². The quantitative estimate of drug-likeness (QED) is 0.220. The highest BCUT2D eigenvalue weighted by Crippen LogP contribution is 2.38. The van der Waals surface area contributed by atoms with Crippen LogP contribution >= 0.6 is 0 Å². The zero-order valence-corrected chi connectivity index (χ0v) is 16.7. The van der Waals surface area contributed by atoms with E-state index in [-0.39, 0.29) is 18.4 Å². The van der Waals surface area contributed by atoms with Crippen LogP contribution in [0.2, 0.25) is 0 Å². The highest BCUT2D eigenvalue weighted by molar-refractivity contribution is 5.31. The van der Waals surface area contributed by atoms with Crippen LogP contribution < -0.4 is 4.74 Å². The molecule has 0 spiro atoms. The Morgan fingerprint density at radius 1 is 1.04 bits per heavy atom. The second kappa shape index (κ2) is 11.5. The topological polar surface area (TPSA) is 9.23 Å². The predicted octanol–water partition coefficient (Wildman–Crippen LogP) is 7.96. The second-order valence-electron chi connectivity index (χ2n) is 7.87. The van der Waals surface area contributed by atoms with Crippen molar-refractivity contribution >= 4 is 0 Å². The minimum absolute atomic E-state index is 0.00339. The molecule has 1 nitrogen and oxygen atoms in total.